The molecule has 1 fully saturated rings. The van der Waals surface area contributed by atoms with Gasteiger partial charge in [-0.05, 0) is 70.6 Å². The van der Waals surface area contributed by atoms with Crippen molar-refractivity contribution in [2.45, 2.75) is 249 Å². The quantitative estimate of drug-likeness (QED) is 0.0223. The molecule has 9 unspecified atom stereocenters. The Morgan fingerprint density at radius 3 is 1.59 bits per heavy atom. The van der Waals surface area contributed by atoms with E-state index >= 15 is 0 Å². The number of carbonyl (C=O) groups is 1. The smallest absolute Gasteiger partial charge is 0.249 e. The number of nitrogens with one attached hydrogen (secondary N) is 1. The topological polar surface area (TPSA) is 189 Å². The van der Waals surface area contributed by atoms with E-state index in [4.69, 9.17) is 9.47 Å². The third kappa shape index (κ3) is 27.8. The Bertz CT molecular complexity index is 1050. The van der Waals surface area contributed by atoms with Crippen molar-refractivity contribution in [1.82, 2.24) is 5.32 Å². The highest BCUT2D eigenvalue weighted by atomic mass is 16.7. The molecular weight excluding hydrogens is 751 g/mol. The normalized spacial score (nSPS) is 22.1. The molecule has 0 radical (unpaired) electrons. The van der Waals surface area contributed by atoms with Crippen molar-refractivity contribution in [3.63, 3.8) is 0 Å². The number of allylic oxidation sites excluding steroid dienone is 6. The first-order valence-electron chi connectivity index (χ1n) is 23.9. The summed E-state index contributed by atoms with van der Waals surface area (Å²) in [5.74, 6) is -0.715. The van der Waals surface area contributed by atoms with Crippen molar-refractivity contribution < 1.29 is 50.0 Å². The fourth-order valence-electron chi connectivity index (χ4n) is 7.41. The molecule has 0 aromatic heterocycles. The number of hydrogen-bond donors (Lipinski definition) is 8. The Kier molecular flexibility index (Phi) is 35.7. The zero-order valence-corrected chi connectivity index (χ0v) is 37.2. The lowest BCUT2D eigenvalue weighted by Gasteiger charge is -2.40. The summed E-state index contributed by atoms with van der Waals surface area (Å²) in [6.07, 6.45) is 32.3. The maximum atomic E-state index is 13.0. The summed E-state index contributed by atoms with van der Waals surface area (Å²) in [6.45, 7) is 3.35. The molecule has 11 nitrogen and oxygen atoms in total. The van der Waals surface area contributed by atoms with Crippen molar-refractivity contribution in [3.8, 4) is 0 Å². The van der Waals surface area contributed by atoms with Gasteiger partial charge in [-0.15, -0.1) is 0 Å². The molecule has 346 valence electrons. The van der Waals surface area contributed by atoms with E-state index in [0.29, 0.717) is 12.8 Å². The average Bonchev–Trinajstić information content (AvgIpc) is 3.23. The molecule has 1 aliphatic rings. The summed E-state index contributed by atoms with van der Waals surface area (Å²) < 4.78 is 11.0. The van der Waals surface area contributed by atoms with Crippen molar-refractivity contribution in [1.29, 1.82) is 0 Å². The Morgan fingerprint density at radius 2 is 1.05 bits per heavy atom. The Morgan fingerprint density at radius 1 is 0.593 bits per heavy atom. The van der Waals surface area contributed by atoms with E-state index in [2.05, 4.69) is 55.6 Å². The van der Waals surface area contributed by atoms with Crippen LogP contribution in [-0.2, 0) is 14.3 Å². The summed E-state index contributed by atoms with van der Waals surface area (Å²) >= 11 is 0. The molecule has 0 aromatic rings. The van der Waals surface area contributed by atoms with E-state index in [0.717, 1.165) is 57.8 Å². The molecule has 1 saturated heterocycles. The van der Waals surface area contributed by atoms with Gasteiger partial charge in [0.15, 0.2) is 6.29 Å². The molecular formula is C48H89NO10. The predicted molar refractivity (Wildman–Crippen MR) is 238 cm³/mol. The van der Waals surface area contributed by atoms with E-state index in [1.807, 2.05) is 0 Å². The number of hydrogen-bond acceptors (Lipinski definition) is 10. The van der Waals surface area contributed by atoms with Crippen LogP contribution in [0.5, 0.6) is 0 Å². The second-order valence-corrected chi connectivity index (χ2v) is 16.8. The number of amides is 1. The Hall–Kier alpha value is -1.67. The van der Waals surface area contributed by atoms with Crippen LogP contribution in [0, 0.1) is 0 Å². The molecule has 59 heavy (non-hydrogen) atoms. The van der Waals surface area contributed by atoms with Gasteiger partial charge in [-0.25, -0.2) is 0 Å². The highest BCUT2D eigenvalue weighted by Gasteiger charge is 2.44. The van der Waals surface area contributed by atoms with Gasteiger partial charge in [-0.3, -0.25) is 4.79 Å². The number of carbonyl (C=O) groups excluding carboxylic acids is 1. The molecule has 1 rings (SSSR count). The number of rotatable bonds is 39. The summed E-state index contributed by atoms with van der Waals surface area (Å²) in [6, 6.07) is -1.18. The van der Waals surface area contributed by atoms with Crippen molar-refractivity contribution >= 4 is 5.91 Å². The van der Waals surface area contributed by atoms with Crippen LogP contribution in [-0.4, -0.2) is 110 Å². The fourth-order valence-corrected chi connectivity index (χ4v) is 7.41. The van der Waals surface area contributed by atoms with Crippen molar-refractivity contribution in [3.05, 3.63) is 36.5 Å². The van der Waals surface area contributed by atoms with Gasteiger partial charge >= 0.3 is 0 Å². The molecule has 9 atom stereocenters. The van der Waals surface area contributed by atoms with Crippen molar-refractivity contribution in [2.75, 3.05) is 13.2 Å². The van der Waals surface area contributed by atoms with E-state index in [9.17, 15) is 40.5 Å². The minimum absolute atomic E-state index is 0.246. The Labute approximate surface area is 358 Å². The maximum absolute atomic E-state index is 13.0. The molecule has 0 spiro atoms. The van der Waals surface area contributed by atoms with E-state index < -0.39 is 74.2 Å². The average molecular weight is 840 g/mol. The summed E-state index contributed by atoms with van der Waals surface area (Å²) in [4.78, 5) is 13.0. The predicted octanol–water partition coefficient (Wildman–Crippen LogP) is 8.00. The van der Waals surface area contributed by atoms with Gasteiger partial charge < -0.3 is 50.5 Å². The van der Waals surface area contributed by atoms with E-state index in [-0.39, 0.29) is 12.8 Å². The maximum Gasteiger partial charge on any atom is 0.249 e. The van der Waals surface area contributed by atoms with Crippen LogP contribution >= 0.6 is 0 Å². The third-order valence-electron chi connectivity index (χ3n) is 11.4. The fraction of sp³-hybridized carbons (Fsp3) is 0.854. The first-order chi connectivity index (χ1) is 28.7. The standard InChI is InChI=1S/C48H89NO10/c1-3-5-7-9-11-13-14-15-16-17-18-19-20-21-22-23-24-25-26-27-28-30-32-34-36-41(52)47(57)49-39(38-58-48-46(56)45(55)44(54)42(37-50)59-48)43(53)40(51)35-33-31-29-12-10-8-6-4-2/h12,18-19,21-22,29,39-46,48,50-56H,3-11,13-17,20,23-28,30-38H2,1-2H3,(H,49,57)/b19-18-,22-21-,29-12+. The number of aliphatic hydroxyl groups excluding tert-OH is 7. The van der Waals surface area contributed by atoms with Gasteiger partial charge in [-0.1, -0.05) is 159 Å². The zero-order valence-electron chi connectivity index (χ0n) is 37.2. The third-order valence-corrected chi connectivity index (χ3v) is 11.4. The molecule has 0 bridgehead atoms. The van der Waals surface area contributed by atoms with Crippen LogP contribution in [0.3, 0.4) is 0 Å². The number of ether oxygens (including phenoxy) is 2. The lowest BCUT2D eigenvalue weighted by Crippen LogP contribution is -2.60. The first kappa shape index (κ1) is 55.3. The van der Waals surface area contributed by atoms with Gasteiger partial charge in [0.05, 0.1) is 25.4 Å². The van der Waals surface area contributed by atoms with Gasteiger partial charge in [-0.2, -0.15) is 0 Å². The molecule has 1 aliphatic heterocycles. The molecule has 1 heterocycles. The van der Waals surface area contributed by atoms with Gasteiger partial charge in [0.2, 0.25) is 5.91 Å². The van der Waals surface area contributed by atoms with Crippen molar-refractivity contribution in [2.24, 2.45) is 0 Å². The minimum atomic E-state index is -1.67. The SMILES string of the molecule is CCCCC/C=C/CCCC(O)C(O)C(COC1OC(CO)C(O)C(O)C1O)NC(=O)C(O)CCCCCCCCCC/C=C\C/C=C\CCCCCCCCCCC. The monoisotopic (exact) mass is 840 g/mol. The zero-order chi connectivity index (χ0) is 43.4. The summed E-state index contributed by atoms with van der Waals surface area (Å²) in [5.41, 5.74) is 0. The second-order valence-electron chi connectivity index (χ2n) is 16.8. The van der Waals surface area contributed by atoms with E-state index in [1.165, 1.54) is 96.3 Å². The van der Waals surface area contributed by atoms with Crippen LogP contribution < -0.4 is 5.32 Å². The van der Waals surface area contributed by atoms with Crippen LogP contribution in [0.1, 0.15) is 194 Å². The first-order valence-corrected chi connectivity index (χ1v) is 23.9. The molecule has 0 aromatic carbocycles. The molecule has 8 N–H and O–H groups in total. The molecule has 11 heteroatoms. The number of aliphatic hydroxyl groups is 7. The molecule has 1 amide bonds. The second kappa shape index (κ2) is 38.0. The van der Waals surface area contributed by atoms with Crippen LogP contribution in [0.25, 0.3) is 0 Å². The molecule has 0 aliphatic carbocycles. The van der Waals surface area contributed by atoms with Gasteiger partial charge in [0.1, 0.15) is 36.6 Å². The van der Waals surface area contributed by atoms with Crippen LogP contribution in [0.4, 0.5) is 0 Å². The van der Waals surface area contributed by atoms with E-state index in [1.54, 1.807) is 0 Å². The highest BCUT2D eigenvalue weighted by molar-refractivity contribution is 5.80. The summed E-state index contributed by atoms with van der Waals surface area (Å²) in [7, 11) is 0. The highest BCUT2D eigenvalue weighted by Crippen LogP contribution is 2.23. The lowest BCUT2D eigenvalue weighted by molar-refractivity contribution is -0.303. The molecule has 0 saturated carbocycles. The Balaban J connectivity index is 2.33. The van der Waals surface area contributed by atoms with Gasteiger partial charge in [0, 0.05) is 0 Å². The van der Waals surface area contributed by atoms with Crippen LogP contribution in [0.15, 0.2) is 36.5 Å². The minimum Gasteiger partial charge on any atom is -0.394 e. The number of unbranched alkanes of at least 4 members (excludes halogenated alkanes) is 21. The lowest BCUT2D eigenvalue weighted by atomic mass is 9.98. The summed E-state index contributed by atoms with van der Waals surface area (Å²) in [5, 5.41) is 75.3. The van der Waals surface area contributed by atoms with Crippen LogP contribution in [0.2, 0.25) is 0 Å². The van der Waals surface area contributed by atoms with Gasteiger partial charge in [0.25, 0.3) is 0 Å². The largest absolute Gasteiger partial charge is 0.394 e.